The van der Waals surface area contributed by atoms with Crippen molar-refractivity contribution in [2.24, 2.45) is 0 Å². The first-order valence-corrected chi connectivity index (χ1v) is 5.83. The molecule has 0 aromatic carbocycles. The quantitative estimate of drug-likeness (QED) is 0.554. The molecule has 4 heterocycles. The fraction of sp³-hybridized carbons (Fsp3) is 0. The first-order chi connectivity index (χ1) is 10.4. The van der Waals surface area contributed by atoms with E-state index >= 15 is 0 Å². The second kappa shape index (κ2) is 4.63. The number of hydrogen-bond donors (Lipinski definition) is 0. The Labute approximate surface area is 116 Å². The third-order valence-electron chi connectivity index (χ3n) is 2.59. The van der Waals surface area contributed by atoms with Crippen LogP contribution in [-0.4, -0.2) is 29.9 Å². The van der Waals surface area contributed by atoms with Crippen molar-refractivity contribution in [1.82, 2.24) is 29.9 Å². The predicted octanol–water partition coefficient (Wildman–Crippen LogP) is 1.84. The number of oxazole rings is 3. The van der Waals surface area contributed by atoms with Crippen molar-refractivity contribution >= 4 is 0 Å². The summed E-state index contributed by atoms with van der Waals surface area (Å²) in [6.45, 7) is 0. The number of rotatable bonds is 3. The summed E-state index contributed by atoms with van der Waals surface area (Å²) >= 11 is 0. The van der Waals surface area contributed by atoms with Crippen molar-refractivity contribution in [3.63, 3.8) is 0 Å². The van der Waals surface area contributed by atoms with Gasteiger partial charge in [0.05, 0.1) is 18.6 Å². The van der Waals surface area contributed by atoms with Gasteiger partial charge in [0.15, 0.2) is 36.5 Å². The third kappa shape index (κ3) is 2.06. The first kappa shape index (κ1) is 11.5. The minimum Gasteiger partial charge on any atom is -0.440 e. The zero-order valence-corrected chi connectivity index (χ0v) is 10.4. The molecule has 4 rings (SSSR count). The summed E-state index contributed by atoms with van der Waals surface area (Å²) in [5.74, 6) is 2.12. The van der Waals surface area contributed by atoms with E-state index in [1.165, 1.54) is 37.8 Å². The van der Waals surface area contributed by atoms with Gasteiger partial charge in [0.25, 0.3) is 0 Å². The van der Waals surface area contributed by atoms with Crippen LogP contribution in [0.3, 0.4) is 0 Å². The molecule has 0 aliphatic carbocycles. The molecule has 0 fully saturated rings. The van der Waals surface area contributed by atoms with Crippen LogP contribution in [0, 0.1) is 0 Å². The van der Waals surface area contributed by atoms with E-state index in [2.05, 4.69) is 29.9 Å². The fourth-order valence-corrected chi connectivity index (χ4v) is 1.69. The smallest absolute Gasteiger partial charge is 0.201 e. The van der Waals surface area contributed by atoms with Crippen molar-refractivity contribution in [3.05, 3.63) is 37.8 Å². The number of hydrogen-bond acceptors (Lipinski definition) is 9. The molecule has 0 aliphatic rings. The summed E-state index contributed by atoms with van der Waals surface area (Å²) < 4.78 is 15.6. The van der Waals surface area contributed by atoms with Crippen LogP contribution in [-0.2, 0) is 0 Å². The van der Waals surface area contributed by atoms with E-state index in [0.717, 1.165) is 0 Å². The lowest BCUT2D eigenvalue weighted by Crippen LogP contribution is -1.98. The minimum absolute atomic E-state index is 0.306. The predicted molar refractivity (Wildman–Crippen MR) is 66.3 cm³/mol. The summed E-state index contributed by atoms with van der Waals surface area (Å²) in [6.07, 6.45) is 8.39. The van der Waals surface area contributed by atoms with E-state index in [4.69, 9.17) is 13.3 Å². The van der Waals surface area contributed by atoms with E-state index < -0.39 is 0 Å². The first-order valence-electron chi connectivity index (χ1n) is 5.83. The third-order valence-corrected chi connectivity index (χ3v) is 2.59. The Balaban J connectivity index is 1.92. The molecule has 9 heteroatoms. The van der Waals surface area contributed by atoms with E-state index in [1.807, 2.05) is 0 Å². The van der Waals surface area contributed by atoms with Crippen LogP contribution in [0.15, 0.2) is 51.0 Å². The molecule has 0 spiro atoms. The van der Waals surface area contributed by atoms with Gasteiger partial charge in [-0.25, -0.2) is 29.9 Å². The van der Waals surface area contributed by atoms with Gasteiger partial charge >= 0.3 is 0 Å². The van der Waals surface area contributed by atoms with Crippen LogP contribution < -0.4 is 0 Å². The van der Waals surface area contributed by atoms with E-state index in [1.54, 1.807) is 0 Å². The monoisotopic (exact) mass is 282 g/mol. The van der Waals surface area contributed by atoms with Gasteiger partial charge in [0.1, 0.15) is 0 Å². The molecule has 21 heavy (non-hydrogen) atoms. The van der Waals surface area contributed by atoms with Gasteiger partial charge in [-0.3, -0.25) is 0 Å². The topological polar surface area (TPSA) is 117 Å². The van der Waals surface area contributed by atoms with Crippen LogP contribution in [0.4, 0.5) is 0 Å². The molecule has 0 radical (unpaired) electrons. The van der Waals surface area contributed by atoms with Gasteiger partial charge in [-0.05, 0) is 0 Å². The average molecular weight is 282 g/mol. The standard InChI is InChI=1S/C12H6N6O3/c1-7(19-4-13-1)10-16-11(8-2-14-5-20-8)18-12(17-10)9-3-15-6-21-9/h1-6H. The molecule has 0 N–H and O–H groups in total. The van der Waals surface area contributed by atoms with Gasteiger partial charge in [-0.1, -0.05) is 0 Å². The molecule has 4 aromatic rings. The lowest BCUT2D eigenvalue weighted by Gasteiger charge is -2.01. The Morgan fingerprint density at radius 1 is 0.524 bits per heavy atom. The molecule has 102 valence electrons. The van der Waals surface area contributed by atoms with Crippen LogP contribution >= 0.6 is 0 Å². The van der Waals surface area contributed by atoms with Crippen molar-refractivity contribution in [1.29, 1.82) is 0 Å². The maximum absolute atomic E-state index is 5.21. The van der Waals surface area contributed by atoms with Gasteiger partial charge < -0.3 is 13.3 Å². The highest BCUT2D eigenvalue weighted by atomic mass is 16.3. The second-order valence-corrected chi connectivity index (χ2v) is 3.90. The van der Waals surface area contributed by atoms with Crippen LogP contribution in [0.25, 0.3) is 34.8 Å². The molecule has 0 unspecified atom stereocenters. The molecule has 0 atom stereocenters. The van der Waals surface area contributed by atoms with Crippen LogP contribution in [0.5, 0.6) is 0 Å². The maximum atomic E-state index is 5.21. The van der Waals surface area contributed by atoms with Gasteiger partial charge in [0.2, 0.25) is 17.5 Å². The highest BCUT2D eigenvalue weighted by molar-refractivity contribution is 5.57. The molecule has 4 aromatic heterocycles. The summed E-state index contributed by atoms with van der Waals surface area (Å²) in [5, 5.41) is 0. The Morgan fingerprint density at radius 2 is 0.857 bits per heavy atom. The van der Waals surface area contributed by atoms with Crippen molar-refractivity contribution < 1.29 is 13.3 Å². The summed E-state index contributed by atoms with van der Waals surface area (Å²) in [7, 11) is 0. The Bertz CT molecular complexity index is 712. The fourth-order valence-electron chi connectivity index (χ4n) is 1.69. The Morgan fingerprint density at radius 3 is 1.10 bits per heavy atom. The van der Waals surface area contributed by atoms with E-state index in [0.29, 0.717) is 34.8 Å². The van der Waals surface area contributed by atoms with Crippen LogP contribution in [0.1, 0.15) is 0 Å². The minimum atomic E-state index is 0.306. The van der Waals surface area contributed by atoms with Crippen molar-refractivity contribution in [2.45, 2.75) is 0 Å². The second-order valence-electron chi connectivity index (χ2n) is 3.90. The molecule has 9 nitrogen and oxygen atoms in total. The highest BCUT2D eigenvalue weighted by Crippen LogP contribution is 2.23. The van der Waals surface area contributed by atoms with E-state index in [-0.39, 0.29) is 0 Å². The van der Waals surface area contributed by atoms with Gasteiger partial charge in [0, 0.05) is 0 Å². The molecule has 0 amide bonds. The zero-order valence-electron chi connectivity index (χ0n) is 10.4. The molecular weight excluding hydrogens is 276 g/mol. The molecular formula is C12H6N6O3. The van der Waals surface area contributed by atoms with E-state index in [9.17, 15) is 0 Å². The molecule has 0 saturated heterocycles. The molecule has 0 bridgehead atoms. The highest BCUT2D eigenvalue weighted by Gasteiger charge is 2.16. The van der Waals surface area contributed by atoms with Crippen molar-refractivity contribution in [2.75, 3.05) is 0 Å². The molecule has 0 aliphatic heterocycles. The summed E-state index contributed by atoms with van der Waals surface area (Å²) in [6, 6.07) is 0. The largest absolute Gasteiger partial charge is 0.440 e. The average Bonchev–Trinajstić information content (AvgIpc) is 3.29. The number of aromatic nitrogens is 6. The lowest BCUT2D eigenvalue weighted by molar-refractivity contribution is 0.556. The Kier molecular flexibility index (Phi) is 2.53. The SMILES string of the molecule is c1ncc(-c2nc(-c3cnco3)nc(-c3cnco3)n2)o1. The van der Waals surface area contributed by atoms with Gasteiger partial charge in [-0.15, -0.1) is 0 Å². The Hall–Kier alpha value is -3.36. The molecule has 0 saturated carbocycles. The van der Waals surface area contributed by atoms with Crippen molar-refractivity contribution in [3.8, 4) is 34.8 Å². The maximum Gasteiger partial charge on any atom is 0.201 e. The lowest BCUT2D eigenvalue weighted by atomic mass is 10.4. The zero-order chi connectivity index (χ0) is 14.1. The van der Waals surface area contributed by atoms with Gasteiger partial charge in [-0.2, -0.15) is 0 Å². The summed E-state index contributed by atoms with van der Waals surface area (Å²) in [4.78, 5) is 24.4. The van der Waals surface area contributed by atoms with Crippen LogP contribution in [0.2, 0.25) is 0 Å². The summed E-state index contributed by atoms with van der Waals surface area (Å²) in [5.41, 5.74) is 0. The normalized spacial score (nSPS) is 10.9. The number of nitrogens with zero attached hydrogens (tertiary/aromatic N) is 6.